The van der Waals surface area contributed by atoms with Gasteiger partial charge in [0.25, 0.3) is 6.73 Å². The summed E-state index contributed by atoms with van der Waals surface area (Å²) in [6, 6.07) is 3.89. The molecule has 0 spiro atoms. The van der Waals surface area contributed by atoms with E-state index >= 15 is 0 Å². The Morgan fingerprint density at radius 3 is 2.95 bits per heavy atom. The Hall–Kier alpha value is -2.11. The molecule has 0 bridgehead atoms. The molecule has 1 atom stereocenters. The fourth-order valence-electron chi connectivity index (χ4n) is 2.54. The van der Waals surface area contributed by atoms with Crippen LogP contribution in [0, 0.1) is 0 Å². The molecule has 0 radical (unpaired) electrons. The first-order valence-corrected chi connectivity index (χ1v) is 7.65. The number of ether oxygens (including phenoxy) is 2. The molecule has 0 aliphatic carbocycles. The fourth-order valence-corrected chi connectivity index (χ4v) is 2.54. The maximum absolute atomic E-state index is 12.2. The summed E-state index contributed by atoms with van der Waals surface area (Å²) in [7, 11) is 0. The standard InChI is InChI=1S/C16H23N2O4/c1-3-14-6-4-8-17(10-14)12-22-16(20)18-9-5-7-15(18)11-21-13(2)19/h4,6,8,10,15H,3,5,7,9,11-12H2,1-2H3/q+1/t15-/m0/s1. The lowest BCUT2D eigenvalue weighted by molar-refractivity contribution is -0.727. The highest BCUT2D eigenvalue weighted by Gasteiger charge is 2.31. The van der Waals surface area contributed by atoms with Crippen molar-refractivity contribution < 1.29 is 23.6 Å². The minimum Gasteiger partial charge on any atom is -0.464 e. The predicted molar refractivity (Wildman–Crippen MR) is 78.9 cm³/mol. The molecule has 0 N–H and O–H groups in total. The van der Waals surface area contributed by atoms with Crippen LogP contribution in [0.15, 0.2) is 24.5 Å². The minimum atomic E-state index is -0.357. The molecular formula is C16H23N2O4+. The van der Waals surface area contributed by atoms with E-state index in [-0.39, 0.29) is 31.4 Å². The summed E-state index contributed by atoms with van der Waals surface area (Å²) in [5, 5.41) is 0. The number of hydrogen-bond donors (Lipinski definition) is 0. The number of pyridine rings is 1. The SMILES string of the molecule is CCc1ccc[n+](COC(=O)N2CCC[C@H]2COC(C)=O)c1. The van der Waals surface area contributed by atoms with Crippen molar-refractivity contribution in [3.63, 3.8) is 0 Å². The van der Waals surface area contributed by atoms with Gasteiger partial charge < -0.3 is 14.4 Å². The number of rotatable bonds is 5. The summed E-state index contributed by atoms with van der Waals surface area (Å²) in [4.78, 5) is 24.7. The molecule has 2 rings (SSSR count). The fraction of sp³-hybridized carbons (Fsp3) is 0.562. The molecule has 2 heterocycles. The van der Waals surface area contributed by atoms with E-state index in [2.05, 4.69) is 6.92 Å². The number of carbonyl (C=O) groups excluding carboxylic acids is 2. The summed E-state index contributed by atoms with van der Waals surface area (Å²) in [6.07, 6.45) is 6.15. The van der Waals surface area contributed by atoms with Crippen molar-refractivity contribution >= 4 is 12.1 Å². The summed E-state index contributed by atoms with van der Waals surface area (Å²) in [6.45, 7) is 4.52. The highest BCUT2D eigenvalue weighted by molar-refractivity contribution is 5.68. The monoisotopic (exact) mass is 307 g/mol. The van der Waals surface area contributed by atoms with Crippen LogP contribution in [0.5, 0.6) is 0 Å². The van der Waals surface area contributed by atoms with Crippen LogP contribution in [0.1, 0.15) is 32.3 Å². The molecule has 1 aromatic rings. The molecule has 1 amide bonds. The third-order valence-electron chi connectivity index (χ3n) is 3.76. The van der Waals surface area contributed by atoms with Crippen molar-refractivity contribution in [2.45, 2.75) is 45.9 Å². The molecular weight excluding hydrogens is 284 g/mol. The van der Waals surface area contributed by atoms with Crippen LogP contribution in [0.25, 0.3) is 0 Å². The Morgan fingerprint density at radius 2 is 2.23 bits per heavy atom. The number of aryl methyl sites for hydroxylation is 1. The molecule has 22 heavy (non-hydrogen) atoms. The Bertz CT molecular complexity index is 533. The average Bonchev–Trinajstić information content (AvgIpc) is 2.99. The second-order valence-electron chi connectivity index (χ2n) is 5.41. The molecule has 120 valence electrons. The van der Waals surface area contributed by atoms with Crippen LogP contribution in [-0.4, -0.2) is 36.2 Å². The molecule has 6 heteroatoms. The van der Waals surface area contributed by atoms with E-state index in [1.807, 2.05) is 29.1 Å². The molecule has 1 aliphatic rings. The van der Waals surface area contributed by atoms with Gasteiger partial charge in [-0.15, -0.1) is 0 Å². The van der Waals surface area contributed by atoms with Gasteiger partial charge in [0.2, 0.25) is 0 Å². The average molecular weight is 307 g/mol. The highest BCUT2D eigenvalue weighted by Crippen LogP contribution is 2.18. The lowest BCUT2D eigenvalue weighted by Gasteiger charge is -2.22. The second kappa shape index (κ2) is 7.77. The van der Waals surface area contributed by atoms with E-state index in [9.17, 15) is 9.59 Å². The van der Waals surface area contributed by atoms with Crippen molar-refractivity contribution in [2.75, 3.05) is 13.2 Å². The Labute approximate surface area is 130 Å². The zero-order valence-corrected chi connectivity index (χ0v) is 13.2. The lowest BCUT2D eigenvalue weighted by atomic mass is 10.2. The summed E-state index contributed by atoms with van der Waals surface area (Å²) in [5.74, 6) is -0.327. The number of esters is 1. The van der Waals surface area contributed by atoms with Crippen LogP contribution in [0.4, 0.5) is 4.79 Å². The number of aromatic nitrogens is 1. The molecule has 0 saturated carbocycles. The third-order valence-corrected chi connectivity index (χ3v) is 3.76. The first-order chi connectivity index (χ1) is 10.6. The molecule has 0 unspecified atom stereocenters. The van der Waals surface area contributed by atoms with Gasteiger partial charge in [-0.2, -0.15) is 4.57 Å². The Kier molecular flexibility index (Phi) is 5.75. The van der Waals surface area contributed by atoms with Gasteiger partial charge in [-0.3, -0.25) is 4.79 Å². The highest BCUT2D eigenvalue weighted by atomic mass is 16.6. The third kappa shape index (κ3) is 4.44. The van der Waals surface area contributed by atoms with Crippen LogP contribution in [0.3, 0.4) is 0 Å². The van der Waals surface area contributed by atoms with Crippen LogP contribution in [0.2, 0.25) is 0 Å². The van der Waals surface area contributed by atoms with Crippen molar-refractivity contribution in [3.8, 4) is 0 Å². The Morgan fingerprint density at radius 1 is 1.41 bits per heavy atom. The Balaban J connectivity index is 1.86. The normalized spacial score (nSPS) is 17.4. The quantitative estimate of drug-likeness (QED) is 0.613. The number of amides is 1. The van der Waals surface area contributed by atoms with Crippen LogP contribution >= 0.6 is 0 Å². The summed E-state index contributed by atoms with van der Waals surface area (Å²) in [5.41, 5.74) is 1.19. The van der Waals surface area contributed by atoms with Crippen molar-refractivity contribution in [1.82, 2.24) is 4.90 Å². The number of likely N-dealkylation sites (tertiary alicyclic amines) is 1. The van der Waals surface area contributed by atoms with Gasteiger partial charge in [0.1, 0.15) is 6.61 Å². The zero-order chi connectivity index (χ0) is 15.9. The first kappa shape index (κ1) is 16.3. The van der Waals surface area contributed by atoms with Gasteiger partial charge in [-0.1, -0.05) is 6.92 Å². The molecule has 0 aromatic carbocycles. The largest absolute Gasteiger partial charge is 0.464 e. The summed E-state index contributed by atoms with van der Waals surface area (Å²) >= 11 is 0. The van der Waals surface area contributed by atoms with Gasteiger partial charge in [0, 0.05) is 25.1 Å². The molecule has 1 saturated heterocycles. The molecule has 1 fully saturated rings. The first-order valence-electron chi connectivity index (χ1n) is 7.65. The van der Waals surface area contributed by atoms with E-state index in [1.165, 1.54) is 12.5 Å². The maximum Gasteiger partial charge on any atom is 0.414 e. The van der Waals surface area contributed by atoms with Gasteiger partial charge in [0.05, 0.1) is 6.04 Å². The van der Waals surface area contributed by atoms with E-state index in [1.54, 1.807) is 4.90 Å². The minimum absolute atomic E-state index is 0.0802. The van der Waals surface area contributed by atoms with E-state index in [0.717, 1.165) is 19.3 Å². The van der Waals surface area contributed by atoms with E-state index in [0.29, 0.717) is 6.54 Å². The van der Waals surface area contributed by atoms with E-state index in [4.69, 9.17) is 9.47 Å². The lowest BCUT2D eigenvalue weighted by Crippen LogP contribution is -2.42. The topological polar surface area (TPSA) is 59.7 Å². The molecule has 6 nitrogen and oxygen atoms in total. The van der Waals surface area contributed by atoms with Crippen LogP contribution < -0.4 is 4.57 Å². The van der Waals surface area contributed by atoms with Gasteiger partial charge in [-0.05, 0) is 25.3 Å². The predicted octanol–water partition coefficient (Wildman–Crippen LogP) is 1.66. The van der Waals surface area contributed by atoms with Gasteiger partial charge >= 0.3 is 12.1 Å². The van der Waals surface area contributed by atoms with Crippen molar-refractivity contribution in [2.24, 2.45) is 0 Å². The van der Waals surface area contributed by atoms with E-state index < -0.39 is 0 Å². The number of nitrogens with zero attached hydrogens (tertiary/aromatic N) is 2. The maximum atomic E-state index is 12.2. The smallest absolute Gasteiger partial charge is 0.414 e. The number of carbonyl (C=O) groups is 2. The van der Waals surface area contributed by atoms with Crippen molar-refractivity contribution in [3.05, 3.63) is 30.1 Å². The molecule has 1 aromatic heterocycles. The molecule has 1 aliphatic heterocycles. The van der Waals surface area contributed by atoms with Gasteiger partial charge in [0.15, 0.2) is 12.4 Å². The van der Waals surface area contributed by atoms with Crippen molar-refractivity contribution in [1.29, 1.82) is 0 Å². The second-order valence-corrected chi connectivity index (χ2v) is 5.41. The number of hydrogen-bond acceptors (Lipinski definition) is 4. The zero-order valence-electron chi connectivity index (χ0n) is 13.2. The van der Waals surface area contributed by atoms with Gasteiger partial charge in [-0.25, -0.2) is 4.79 Å². The summed E-state index contributed by atoms with van der Waals surface area (Å²) < 4.78 is 12.2. The van der Waals surface area contributed by atoms with Crippen LogP contribution in [-0.2, 0) is 27.4 Å².